The number of halogens is 1. The molecule has 0 saturated carbocycles. The summed E-state index contributed by atoms with van der Waals surface area (Å²) < 4.78 is 5.54. The fraction of sp³-hybridized carbons (Fsp3) is 0.263. The van der Waals surface area contributed by atoms with Gasteiger partial charge in [-0.25, -0.2) is 0 Å². The van der Waals surface area contributed by atoms with Crippen molar-refractivity contribution >= 4 is 29.9 Å². The molecule has 2 amide bonds. The second kappa shape index (κ2) is 9.79. The highest BCUT2D eigenvalue weighted by Crippen LogP contribution is 2.27. The summed E-state index contributed by atoms with van der Waals surface area (Å²) >= 11 is 0. The summed E-state index contributed by atoms with van der Waals surface area (Å²) in [5.41, 5.74) is 7.61. The monoisotopic (exact) mass is 377 g/mol. The van der Waals surface area contributed by atoms with Crippen LogP contribution in [-0.4, -0.2) is 37.4 Å². The van der Waals surface area contributed by atoms with Gasteiger partial charge in [0.1, 0.15) is 11.8 Å². The Kier molecular flexibility index (Phi) is 8.09. The number of rotatable bonds is 6. The summed E-state index contributed by atoms with van der Waals surface area (Å²) in [6.45, 7) is 2.29. The highest BCUT2D eigenvalue weighted by Gasteiger charge is 2.19. The van der Waals surface area contributed by atoms with Gasteiger partial charge in [0.15, 0.2) is 0 Å². The zero-order chi connectivity index (χ0) is 18.4. The van der Waals surface area contributed by atoms with E-state index < -0.39 is 6.04 Å². The van der Waals surface area contributed by atoms with Gasteiger partial charge < -0.3 is 20.7 Å². The molecular formula is C19H24ClN3O3. The summed E-state index contributed by atoms with van der Waals surface area (Å²) in [5.74, 6) is -0.0427. The van der Waals surface area contributed by atoms with Crippen LogP contribution in [0.2, 0.25) is 0 Å². The quantitative estimate of drug-likeness (QED) is 0.810. The molecule has 0 fully saturated rings. The van der Waals surface area contributed by atoms with Crippen LogP contribution in [0.5, 0.6) is 5.75 Å². The molecule has 0 bridgehead atoms. The zero-order valence-electron chi connectivity index (χ0n) is 15.1. The standard InChI is InChI=1S/C19H23N3O3.ClH/c1-4-25-16-11-10-14(19(24)22(2)3)12-15(16)21-18(23)17(20)13-8-6-5-7-9-13;/h5-12,17H,4,20H2,1-3H3,(H,21,23);1H. The van der Waals surface area contributed by atoms with E-state index in [1.165, 1.54) is 4.90 Å². The van der Waals surface area contributed by atoms with E-state index in [-0.39, 0.29) is 24.2 Å². The molecule has 140 valence electrons. The lowest BCUT2D eigenvalue weighted by atomic mass is 10.1. The first-order chi connectivity index (χ1) is 11.9. The molecule has 0 saturated heterocycles. The molecule has 0 aliphatic heterocycles. The topological polar surface area (TPSA) is 84.7 Å². The molecule has 0 heterocycles. The van der Waals surface area contributed by atoms with E-state index in [0.29, 0.717) is 29.2 Å². The summed E-state index contributed by atoms with van der Waals surface area (Å²) in [6, 6.07) is 13.2. The summed E-state index contributed by atoms with van der Waals surface area (Å²) in [6.07, 6.45) is 0. The molecule has 2 aromatic carbocycles. The third kappa shape index (κ3) is 5.21. The fourth-order valence-corrected chi connectivity index (χ4v) is 2.32. The maximum atomic E-state index is 12.5. The Morgan fingerprint density at radius 1 is 1.15 bits per heavy atom. The van der Waals surface area contributed by atoms with E-state index in [4.69, 9.17) is 10.5 Å². The zero-order valence-corrected chi connectivity index (χ0v) is 15.9. The first-order valence-electron chi connectivity index (χ1n) is 8.04. The lowest BCUT2D eigenvalue weighted by Crippen LogP contribution is -2.28. The lowest BCUT2D eigenvalue weighted by Gasteiger charge is -2.17. The fourth-order valence-electron chi connectivity index (χ4n) is 2.32. The Labute approximate surface area is 159 Å². The molecule has 0 aliphatic carbocycles. The van der Waals surface area contributed by atoms with E-state index in [1.807, 2.05) is 25.1 Å². The van der Waals surface area contributed by atoms with Crippen molar-refractivity contribution in [2.24, 2.45) is 5.73 Å². The number of amides is 2. The number of carbonyl (C=O) groups is 2. The Bertz CT molecular complexity index is 751. The minimum Gasteiger partial charge on any atom is -0.492 e. The second-order valence-corrected chi connectivity index (χ2v) is 5.72. The van der Waals surface area contributed by atoms with Crippen molar-refractivity contribution in [3.8, 4) is 5.75 Å². The molecule has 0 spiro atoms. The van der Waals surface area contributed by atoms with Crippen LogP contribution in [0.4, 0.5) is 5.69 Å². The number of hydrogen-bond acceptors (Lipinski definition) is 4. The summed E-state index contributed by atoms with van der Waals surface area (Å²) in [5, 5.41) is 2.77. The van der Waals surface area contributed by atoms with Crippen molar-refractivity contribution in [3.63, 3.8) is 0 Å². The number of anilines is 1. The maximum absolute atomic E-state index is 12.5. The number of carbonyl (C=O) groups excluding carboxylic acids is 2. The average Bonchev–Trinajstić information content (AvgIpc) is 2.62. The van der Waals surface area contributed by atoms with Crippen LogP contribution in [0.25, 0.3) is 0 Å². The number of nitrogens with one attached hydrogen (secondary N) is 1. The van der Waals surface area contributed by atoms with Gasteiger partial charge in [0, 0.05) is 19.7 Å². The molecule has 1 atom stereocenters. The van der Waals surface area contributed by atoms with Gasteiger partial charge in [-0.3, -0.25) is 9.59 Å². The van der Waals surface area contributed by atoms with Gasteiger partial charge in [-0.2, -0.15) is 0 Å². The van der Waals surface area contributed by atoms with Gasteiger partial charge in [-0.15, -0.1) is 12.4 Å². The first kappa shape index (κ1) is 21.5. The molecule has 1 unspecified atom stereocenters. The SMILES string of the molecule is CCOc1ccc(C(=O)N(C)C)cc1NC(=O)C(N)c1ccccc1.Cl. The van der Waals surface area contributed by atoms with Crippen molar-refractivity contribution in [1.29, 1.82) is 0 Å². The van der Waals surface area contributed by atoms with Crippen molar-refractivity contribution in [2.45, 2.75) is 13.0 Å². The average molecular weight is 378 g/mol. The Morgan fingerprint density at radius 3 is 2.38 bits per heavy atom. The van der Waals surface area contributed by atoms with Crippen LogP contribution in [0.15, 0.2) is 48.5 Å². The van der Waals surface area contributed by atoms with Crippen molar-refractivity contribution in [2.75, 3.05) is 26.0 Å². The Balaban J connectivity index is 0.00000338. The van der Waals surface area contributed by atoms with Crippen LogP contribution in [0.3, 0.4) is 0 Å². The van der Waals surface area contributed by atoms with Gasteiger partial charge in [-0.1, -0.05) is 30.3 Å². The molecule has 2 rings (SSSR count). The van der Waals surface area contributed by atoms with Crippen molar-refractivity contribution in [3.05, 3.63) is 59.7 Å². The van der Waals surface area contributed by atoms with Gasteiger partial charge >= 0.3 is 0 Å². The number of ether oxygens (including phenoxy) is 1. The van der Waals surface area contributed by atoms with Crippen molar-refractivity contribution < 1.29 is 14.3 Å². The van der Waals surface area contributed by atoms with E-state index in [1.54, 1.807) is 44.4 Å². The molecule has 0 aliphatic rings. The molecule has 0 aromatic heterocycles. The number of nitrogens with zero attached hydrogens (tertiary/aromatic N) is 1. The normalized spacial score (nSPS) is 11.1. The van der Waals surface area contributed by atoms with Crippen molar-refractivity contribution in [1.82, 2.24) is 4.90 Å². The Morgan fingerprint density at radius 2 is 1.81 bits per heavy atom. The van der Waals surface area contributed by atoms with Crippen LogP contribution in [-0.2, 0) is 4.79 Å². The second-order valence-electron chi connectivity index (χ2n) is 5.72. The molecule has 7 heteroatoms. The third-order valence-corrected chi connectivity index (χ3v) is 3.63. The number of benzene rings is 2. The van der Waals surface area contributed by atoms with Gasteiger partial charge in [-0.05, 0) is 30.7 Å². The molecule has 3 N–H and O–H groups in total. The van der Waals surface area contributed by atoms with Gasteiger partial charge in [0.2, 0.25) is 5.91 Å². The number of nitrogens with two attached hydrogens (primary N) is 1. The molecule has 6 nitrogen and oxygen atoms in total. The van der Waals surface area contributed by atoms with Crippen LogP contribution >= 0.6 is 12.4 Å². The van der Waals surface area contributed by atoms with Crippen LogP contribution < -0.4 is 15.8 Å². The van der Waals surface area contributed by atoms with Crippen LogP contribution in [0, 0.1) is 0 Å². The minimum absolute atomic E-state index is 0. The van der Waals surface area contributed by atoms with Gasteiger partial charge in [0.25, 0.3) is 5.91 Å². The molecule has 2 aromatic rings. The van der Waals surface area contributed by atoms with E-state index in [9.17, 15) is 9.59 Å². The van der Waals surface area contributed by atoms with E-state index >= 15 is 0 Å². The smallest absolute Gasteiger partial charge is 0.253 e. The molecular weight excluding hydrogens is 354 g/mol. The highest BCUT2D eigenvalue weighted by molar-refractivity contribution is 6.00. The minimum atomic E-state index is -0.816. The predicted octanol–water partition coefficient (Wildman–Crippen LogP) is 2.85. The van der Waals surface area contributed by atoms with Crippen LogP contribution in [0.1, 0.15) is 28.9 Å². The summed E-state index contributed by atoms with van der Waals surface area (Å²) in [4.78, 5) is 26.1. The highest BCUT2D eigenvalue weighted by atomic mass is 35.5. The van der Waals surface area contributed by atoms with E-state index in [0.717, 1.165) is 0 Å². The maximum Gasteiger partial charge on any atom is 0.253 e. The van der Waals surface area contributed by atoms with E-state index in [2.05, 4.69) is 5.32 Å². The first-order valence-corrected chi connectivity index (χ1v) is 8.04. The molecule has 26 heavy (non-hydrogen) atoms. The summed E-state index contributed by atoms with van der Waals surface area (Å²) in [7, 11) is 3.34. The third-order valence-electron chi connectivity index (χ3n) is 3.63. The Hall–Kier alpha value is -2.57. The number of hydrogen-bond donors (Lipinski definition) is 2. The molecule has 0 radical (unpaired) electrons. The lowest BCUT2D eigenvalue weighted by molar-refractivity contribution is -0.117. The largest absolute Gasteiger partial charge is 0.492 e. The predicted molar refractivity (Wildman–Crippen MR) is 105 cm³/mol. The van der Waals surface area contributed by atoms with Gasteiger partial charge in [0.05, 0.1) is 12.3 Å².